The van der Waals surface area contributed by atoms with Crippen molar-refractivity contribution in [3.05, 3.63) is 27.7 Å². The standard InChI is InChI=1S/C16H24N2O4/c1-10-6-17(7-11(2)22-10)8-14-16(21)15(20)5-13(9-19)18(14)12-3-4-12/h5,10-12,19,21H,3-4,6-9H2,1-2H3. The Morgan fingerprint density at radius 1 is 1.27 bits per heavy atom. The molecule has 2 aliphatic rings. The normalized spacial score (nSPS) is 26.3. The van der Waals surface area contributed by atoms with Crippen LogP contribution in [-0.2, 0) is 17.9 Å². The lowest BCUT2D eigenvalue weighted by Crippen LogP contribution is -2.45. The SMILES string of the molecule is CC1CN(Cc2c(O)c(=O)cc(CO)n2C2CC2)CC(C)O1. The Morgan fingerprint density at radius 2 is 1.91 bits per heavy atom. The molecule has 1 aromatic rings. The quantitative estimate of drug-likeness (QED) is 0.867. The van der Waals surface area contributed by atoms with Crippen molar-refractivity contribution in [2.75, 3.05) is 13.1 Å². The van der Waals surface area contributed by atoms with Crippen LogP contribution in [0, 0.1) is 0 Å². The fraction of sp³-hybridized carbons (Fsp3) is 0.688. The summed E-state index contributed by atoms with van der Waals surface area (Å²) >= 11 is 0. The molecule has 1 aliphatic carbocycles. The van der Waals surface area contributed by atoms with Crippen LogP contribution in [-0.4, -0.2) is 45.0 Å². The maximum Gasteiger partial charge on any atom is 0.223 e. The van der Waals surface area contributed by atoms with Crippen molar-refractivity contribution in [2.45, 2.75) is 58.1 Å². The third-order valence-electron chi connectivity index (χ3n) is 4.35. The van der Waals surface area contributed by atoms with Gasteiger partial charge in [0.15, 0.2) is 5.75 Å². The molecule has 2 unspecified atom stereocenters. The lowest BCUT2D eigenvalue weighted by molar-refractivity contribution is -0.0712. The van der Waals surface area contributed by atoms with Crippen LogP contribution in [0.1, 0.15) is 44.1 Å². The zero-order valence-electron chi connectivity index (χ0n) is 13.2. The molecule has 0 aromatic carbocycles. The molecular formula is C16H24N2O4. The van der Waals surface area contributed by atoms with Gasteiger partial charge < -0.3 is 19.5 Å². The summed E-state index contributed by atoms with van der Waals surface area (Å²) in [6, 6.07) is 1.64. The summed E-state index contributed by atoms with van der Waals surface area (Å²) in [5.41, 5.74) is 0.806. The zero-order valence-corrected chi connectivity index (χ0v) is 13.2. The minimum Gasteiger partial charge on any atom is -0.503 e. The molecule has 3 rings (SSSR count). The summed E-state index contributed by atoms with van der Waals surface area (Å²) in [6.07, 6.45) is 2.32. The van der Waals surface area contributed by atoms with Gasteiger partial charge in [0.25, 0.3) is 0 Å². The average molecular weight is 308 g/mol. The molecule has 2 heterocycles. The highest BCUT2D eigenvalue weighted by Crippen LogP contribution is 2.38. The number of hydrogen-bond acceptors (Lipinski definition) is 5. The second kappa shape index (κ2) is 6.02. The lowest BCUT2D eigenvalue weighted by Gasteiger charge is -2.36. The van der Waals surface area contributed by atoms with E-state index in [2.05, 4.69) is 4.90 Å². The Kier molecular flexibility index (Phi) is 4.25. The number of aromatic hydroxyl groups is 1. The van der Waals surface area contributed by atoms with Gasteiger partial charge in [0.1, 0.15) is 0 Å². The van der Waals surface area contributed by atoms with Gasteiger partial charge in [-0.2, -0.15) is 0 Å². The minimum atomic E-state index is -0.412. The van der Waals surface area contributed by atoms with E-state index in [4.69, 9.17) is 4.74 Å². The number of ether oxygens (including phenoxy) is 1. The number of pyridine rings is 1. The molecule has 1 saturated carbocycles. The summed E-state index contributed by atoms with van der Waals surface area (Å²) in [6.45, 7) is 5.91. The summed E-state index contributed by atoms with van der Waals surface area (Å²) in [7, 11) is 0. The second-order valence-corrected chi connectivity index (χ2v) is 6.51. The first-order chi connectivity index (χ1) is 10.5. The predicted molar refractivity (Wildman–Crippen MR) is 81.8 cm³/mol. The minimum absolute atomic E-state index is 0.132. The van der Waals surface area contributed by atoms with Crippen molar-refractivity contribution in [1.82, 2.24) is 9.47 Å². The first kappa shape index (κ1) is 15.5. The Bertz CT molecular complexity index is 599. The summed E-state index contributed by atoms with van der Waals surface area (Å²) in [5, 5.41) is 19.8. The summed E-state index contributed by atoms with van der Waals surface area (Å²) in [5.74, 6) is -0.184. The highest BCUT2D eigenvalue weighted by Gasteiger charge is 2.31. The smallest absolute Gasteiger partial charge is 0.223 e. The van der Waals surface area contributed by atoms with Gasteiger partial charge in [-0.3, -0.25) is 9.69 Å². The van der Waals surface area contributed by atoms with Crippen molar-refractivity contribution >= 4 is 0 Å². The van der Waals surface area contributed by atoms with Crippen LogP contribution in [0.4, 0.5) is 0 Å². The highest BCUT2D eigenvalue weighted by molar-refractivity contribution is 5.31. The number of morpholine rings is 1. The first-order valence-corrected chi connectivity index (χ1v) is 7.94. The van der Waals surface area contributed by atoms with Crippen LogP contribution < -0.4 is 5.43 Å². The molecule has 2 N–H and O–H groups in total. The fourth-order valence-corrected chi connectivity index (χ4v) is 3.40. The van der Waals surface area contributed by atoms with E-state index in [-0.39, 0.29) is 24.6 Å². The van der Waals surface area contributed by atoms with E-state index in [0.717, 1.165) is 25.9 Å². The Balaban J connectivity index is 1.95. The molecular weight excluding hydrogens is 284 g/mol. The van der Waals surface area contributed by atoms with Crippen LogP contribution in [0.15, 0.2) is 10.9 Å². The number of aliphatic hydroxyl groups is 1. The van der Waals surface area contributed by atoms with Gasteiger partial charge in [0.2, 0.25) is 5.43 Å². The Morgan fingerprint density at radius 3 is 2.45 bits per heavy atom. The fourth-order valence-electron chi connectivity index (χ4n) is 3.40. The predicted octanol–water partition coefficient (Wildman–Crippen LogP) is 0.990. The van der Waals surface area contributed by atoms with Crippen LogP contribution in [0.2, 0.25) is 0 Å². The molecule has 22 heavy (non-hydrogen) atoms. The molecule has 0 spiro atoms. The molecule has 122 valence electrons. The highest BCUT2D eigenvalue weighted by atomic mass is 16.5. The van der Waals surface area contributed by atoms with Crippen molar-refractivity contribution < 1.29 is 14.9 Å². The molecule has 6 heteroatoms. The van der Waals surface area contributed by atoms with E-state index < -0.39 is 5.43 Å². The van der Waals surface area contributed by atoms with Gasteiger partial charge in [-0.25, -0.2) is 0 Å². The summed E-state index contributed by atoms with van der Waals surface area (Å²) in [4.78, 5) is 14.2. The van der Waals surface area contributed by atoms with Crippen LogP contribution in [0.5, 0.6) is 5.75 Å². The number of aromatic nitrogens is 1. The Labute approximate surface area is 129 Å². The van der Waals surface area contributed by atoms with Gasteiger partial charge in [-0.05, 0) is 26.7 Å². The topological polar surface area (TPSA) is 74.9 Å². The van der Waals surface area contributed by atoms with Crippen molar-refractivity contribution in [1.29, 1.82) is 0 Å². The van der Waals surface area contributed by atoms with Crippen LogP contribution in [0.3, 0.4) is 0 Å². The molecule has 0 bridgehead atoms. The largest absolute Gasteiger partial charge is 0.503 e. The van der Waals surface area contributed by atoms with E-state index in [1.54, 1.807) is 0 Å². The molecule has 1 aliphatic heterocycles. The zero-order chi connectivity index (χ0) is 15.9. The van der Waals surface area contributed by atoms with Crippen molar-refractivity contribution in [3.63, 3.8) is 0 Å². The maximum atomic E-state index is 12.0. The van der Waals surface area contributed by atoms with Gasteiger partial charge >= 0.3 is 0 Å². The molecule has 2 atom stereocenters. The molecule has 0 amide bonds. The number of rotatable bonds is 4. The lowest BCUT2D eigenvalue weighted by atomic mass is 10.2. The maximum absolute atomic E-state index is 12.0. The molecule has 6 nitrogen and oxygen atoms in total. The number of nitrogens with zero attached hydrogens (tertiary/aromatic N) is 2. The monoisotopic (exact) mass is 308 g/mol. The van der Waals surface area contributed by atoms with E-state index >= 15 is 0 Å². The average Bonchev–Trinajstić information content (AvgIpc) is 3.27. The van der Waals surface area contributed by atoms with Gasteiger partial charge in [0, 0.05) is 37.4 Å². The number of aliphatic hydroxyl groups excluding tert-OH is 1. The van der Waals surface area contributed by atoms with Crippen LogP contribution in [0.25, 0.3) is 0 Å². The van der Waals surface area contributed by atoms with Crippen molar-refractivity contribution in [3.8, 4) is 5.75 Å². The van der Waals surface area contributed by atoms with E-state index in [1.165, 1.54) is 6.07 Å². The van der Waals surface area contributed by atoms with E-state index in [1.807, 2.05) is 18.4 Å². The molecule has 1 saturated heterocycles. The molecule has 1 aromatic heterocycles. The number of hydrogen-bond donors (Lipinski definition) is 2. The van der Waals surface area contributed by atoms with E-state index in [9.17, 15) is 15.0 Å². The van der Waals surface area contributed by atoms with E-state index in [0.29, 0.717) is 24.0 Å². The summed E-state index contributed by atoms with van der Waals surface area (Å²) < 4.78 is 7.69. The van der Waals surface area contributed by atoms with Gasteiger partial charge in [-0.15, -0.1) is 0 Å². The van der Waals surface area contributed by atoms with Crippen molar-refractivity contribution in [2.24, 2.45) is 0 Å². The third kappa shape index (κ3) is 3.04. The Hall–Kier alpha value is -1.37. The third-order valence-corrected chi connectivity index (χ3v) is 4.35. The van der Waals surface area contributed by atoms with Gasteiger partial charge in [0.05, 0.1) is 24.5 Å². The van der Waals surface area contributed by atoms with Gasteiger partial charge in [-0.1, -0.05) is 0 Å². The molecule has 2 fully saturated rings. The van der Waals surface area contributed by atoms with Crippen LogP contribution >= 0.6 is 0 Å². The molecule has 0 radical (unpaired) electrons. The first-order valence-electron chi connectivity index (χ1n) is 7.94. The second-order valence-electron chi connectivity index (χ2n) is 6.51.